The highest BCUT2D eigenvalue weighted by atomic mass is 32.1. The van der Waals surface area contributed by atoms with Crippen molar-refractivity contribution in [3.05, 3.63) is 75.9 Å². The van der Waals surface area contributed by atoms with Crippen molar-refractivity contribution in [1.82, 2.24) is 4.98 Å². The number of esters is 1. The van der Waals surface area contributed by atoms with Crippen LogP contribution in [0.15, 0.2) is 58.5 Å². The van der Waals surface area contributed by atoms with Gasteiger partial charge in [-0.3, -0.25) is 9.69 Å². The Morgan fingerprint density at radius 2 is 1.85 bits per heavy atom. The van der Waals surface area contributed by atoms with Crippen molar-refractivity contribution < 1.29 is 19.1 Å². The first-order chi connectivity index (χ1) is 16.4. The summed E-state index contributed by atoms with van der Waals surface area (Å²) < 4.78 is 10.6. The van der Waals surface area contributed by atoms with E-state index in [2.05, 4.69) is 23.8 Å². The summed E-state index contributed by atoms with van der Waals surface area (Å²) in [6.07, 6.45) is 3.16. The number of methoxy groups -OCH3 is 1. The quantitative estimate of drug-likeness (QED) is 0.342. The number of benzene rings is 2. The topological polar surface area (TPSA) is 81.1 Å². The number of aryl methyl sites for hydroxylation is 2. The van der Waals surface area contributed by atoms with Crippen LogP contribution < -0.4 is 9.64 Å². The Morgan fingerprint density at radius 1 is 1.15 bits per heavy atom. The number of para-hydroxylation sites is 1. The third kappa shape index (κ3) is 4.63. The molecule has 0 radical (unpaired) electrons. The number of hydrogen-bond donors (Lipinski definition) is 0. The van der Waals surface area contributed by atoms with Gasteiger partial charge in [-0.2, -0.15) is 0 Å². The Hall–Kier alpha value is -3.78. The summed E-state index contributed by atoms with van der Waals surface area (Å²) in [5.41, 5.74) is 4.36. The predicted molar refractivity (Wildman–Crippen MR) is 134 cm³/mol. The first-order valence-corrected chi connectivity index (χ1v) is 11.9. The standard InChI is InChI=1S/C26H25N3O4S/c1-5-17-9-7-10-18(6-2)23(17)29(16(3)30)26-27-20(15-34-26)14-22-25(31)33-24(28-22)19-11-8-12-21(13-19)32-4/h7-15H,5-6H2,1-4H3/b22-14-. The highest BCUT2D eigenvalue weighted by molar-refractivity contribution is 7.14. The molecule has 34 heavy (non-hydrogen) atoms. The van der Waals surface area contributed by atoms with Gasteiger partial charge >= 0.3 is 5.97 Å². The van der Waals surface area contributed by atoms with Crippen LogP contribution in [0.25, 0.3) is 6.08 Å². The minimum absolute atomic E-state index is 0.122. The highest BCUT2D eigenvalue weighted by Gasteiger charge is 2.26. The number of hydrogen-bond acceptors (Lipinski definition) is 7. The van der Waals surface area contributed by atoms with Crippen molar-refractivity contribution in [3.8, 4) is 5.75 Å². The molecule has 3 aromatic rings. The summed E-state index contributed by atoms with van der Waals surface area (Å²) in [6, 6.07) is 13.2. The van der Waals surface area contributed by atoms with Gasteiger partial charge in [0.05, 0.1) is 18.5 Å². The van der Waals surface area contributed by atoms with Gasteiger partial charge in [0.15, 0.2) is 10.8 Å². The van der Waals surface area contributed by atoms with Crippen LogP contribution >= 0.6 is 11.3 Å². The van der Waals surface area contributed by atoms with E-state index in [-0.39, 0.29) is 17.5 Å². The maximum atomic E-state index is 12.7. The summed E-state index contributed by atoms with van der Waals surface area (Å²) in [4.78, 5) is 35.8. The van der Waals surface area contributed by atoms with Crippen LogP contribution in [0.5, 0.6) is 5.75 Å². The summed E-state index contributed by atoms with van der Waals surface area (Å²) in [5, 5.41) is 2.34. The molecule has 0 saturated carbocycles. The van der Waals surface area contributed by atoms with Gasteiger partial charge in [0, 0.05) is 17.9 Å². The molecule has 1 aromatic heterocycles. The maximum Gasteiger partial charge on any atom is 0.363 e. The fraction of sp³-hybridized carbons (Fsp3) is 0.231. The molecule has 0 saturated heterocycles. The lowest BCUT2D eigenvalue weighted by Crippen LogP contribution is -2.25. The molecule has 0 N–H and O–H groups in total. The number of ether oxygens (including phenoxy) is 2. The molecule has 1 amide bonds. The number of anilines is 2. The Kier molecular flexibility index (Phi) is 6.88. The lowest BCUT2D eigenvalue weighted by molar-refractivity contribution is -0.130. The van der Waals surface area contributed by atoms with Crippen molar-refractivity contribution >= 4 is 46.0 Å². The second kappa shape index (κ2) is 10.0. The van der Waals surface area contributed by atoms with Crippen LogP contribution in [-0.4, -0.2) is 29.9 Å². The SMILES string of the molecule is CCc1cccc(CC)c1N(C(C)=O)c1nc(/C=C2\N=C(c3cccc(OC)c3)OC2=O)cs1. The van der Waals surface area contributed by atoms with Crippen LogP contribution in [0.1, 0.15) is 43.2 Å². The Labute approximate surface area is 202 Å². The number of thiazole rings is 1. The fourth-order valence-electron chi connectivity index (χ4n) is 3.76. The molecule has 0 spiro atoms. The van der Waals surface area contributed by atoms with Crippen molar-refractivity contribution in [2.75, 3.05) is 12.0 Å². The van der Waals surface area contributed by atoms with Gasteiger partial charge in [-0.05, 0) is 48.2 Å². The minimum Gasteiger partial charge on any atom is -0.497 e. The minimum atomic E-state index is -0.555. The molecule has 0 unspecified atom stereocenters. The smallest absolute Gasteiger partial charge is 0.363 e. The normalized spacial score (nSPS) is 14.2. The highest BCUT2D eigenvalue weighted by Crippen LogP contribution is 2.35. The van der Waals surface area contributed by atoms with Crippen LogP contribution in [0.2, 0.25) is 0 Å². The van der Waals surface area contributed by atoms with Gasteiger partial charge in [-0.25, -0.2) is 14.8 Å². The number of carbonyl (C=O) groups is 2. The third-order valence-corrected chi connectivity index (χ3v) is 6.27. The molecule has 0 fully saturated rings. The molecule has 2 heterocycles. The zero-order valence-corrected chi connectivity index (χ0v) is 20.3. The molecule has 7 nitrogen and oxygen atoms in total. The van der Waals surface area contributed by atoms with Gasteiger partial charge in [-0.15, -0.1) is 11.3 Å². The van der Waals surface area contributed by atoms with Crippen LogP contribution in [0.3, 0.4) is 0 Å². The lowest BCUT2D eigenvalue weighted by Gasteiger charge is -2.24. The number of cyclic esters (lactones) is 1. The van der Waals surface area contributed by atoms with Crippen LogP contribution in [-0.2, 0) is 27.2 Å². The molecule has 1 aliphatic heterocycles. The zero-order chi connectivity index (χ0) is 24.2. The van der Waals surface area contributed by atoms with E-state index in [1.54, 1.807) is 47.7 Å². The fourth-order valence-corrected chi connectivity index (χ4v) is 4.59. The zero-order valence-electron chi connectivity index (χ0n) is 19.5. The molecule has 4 rings (SSSR count). The summed E-state index contributed by atoms with van der Waals surface area (Å²) in [7, 11) is 1.57. The van der Waals surface area contributed by atoms with Gasteiger partial charge < -0.3 is 9.47 Å². The molecule has 0 bridgehead atoms. The summed E-state index contributed by atoms with van der Waals surface area (Å²) in [5.74, 6) is 0.171. The average molecular weight is 476 g/mol. The summed E-state index contributed by atoms with van der Waals surface area (Å²) in [6.45, 7) is 5.67. The second-order valence-electron chi connectivity index (χ2n) is 7.61. The number of amides is 1. The van der Waals surface area contributed by atoms with E-state index >= 15 is 0 Å². The van der Waals surface area contributed by atoms with Gasteiger partial charge in [0.25, 0.3) is 0 Å². The summed E-state index contributed by atoms with van der Waals surface area (Å²) >= 11 is 1.34. The van der Waals surface area contributed by atoms with Crippen molar-refractivity contribution in [2.45, 2.75) is 33.6 Å². The number of aromatic nitrogens is 1. The van der Waals surface area contributed by atoms with E-state index in [0.717, 1.165) is 29.7 Å². The van der Waals surface area contributed by atoms with Gasteiger partial charge in [0.2, 0.25) is 11.8 Å². The second-order valence-corrected chi connectivity index (χ2v) is 8.45. The van der Waals surface area contributed by atoms with Crippen LogP contribution in [0.4, 0.5) is 10.8 Å². The molecular weight excluding hydrogens is 450 g/mol. The number of nitrogens with zero attached hydrogens (tertiary/aromatic N) is 3. The molecule has 0 atom stereocenters. The van der Waals surface area contributed by atoms with E-state index in [1.807, 2.05) is 18.2 Å². The van der Waals surface area contributed by atoms with Crippen molar-refractivity contribution in [2.24, 2.45) is 4.99 Å². The van der Waals surface area contributed by atoms with E-state index in [9.17, 15) is 9.59 Å². The van der Waals surface area contributed by atoms with E-state index in [4.69, 9.17) is 9.47 Å². The van der Waals surface area contributed by atoms with E-state index in [1.165, 1.54) is 18.3 Å². The van der Waals surface area contributed by atoms with Crippen molar-refractivity contribution in [3.63, 3.8) is 0 Å². The van der Waals surface area contributed by atoms with E-state index in [0.29, 0.717) is 22.1 Å². The number of rotatable bonds is 7. The van der Waals surface area contributed by atoms with E-state index < -0.39 is 5.97 Å². The molecule has 8 heteroatoms. The molecule has 174 valence electrons. The van der Waals surface area contributed by atoms with Crippen LogP contribution in [0, 0.1) is 0 Å². The number of carbonyl (C=O) groups excluding carboxylic acids is 2. The molecule has 1 aliphatic rings. The monoisotopic (exact) mass is 475 g/mol. The Balaban J connectivity index is 1.68. The third-order valence-electron chi connectivity index (χ3n) is 5.43. The van der Waals surface area contributed by atoms with Crippen molar-refractivity contribution in [1.29, 1.82) is 0 Å². The maximum absolute atomic E-state index is 12.7. The largest absolute Gasteiger partial charge is 0.497 e. The van der Waals surface area contributed by atoms with Gasteiger partial charge in [-0.1, -0.05) is 38.1 Å². The molecular formula is C26H25N3O4S. The first kappa shape index (κ1) is 23.4. The molecule has 0 aliphatic carbocycles. The predicted octanol–water partition coefficient (Wildman–Crippen LogP) is 5.31. The molecule has 2 aromatic carbocycles. The average Bonchev–Trinajstić information content (AvgIpc) is 3.45. The Bertz CT molecular complexity index is 1290. The Morgan fingerprint density at radius 3 is 2.50 bits per heavy atom. The lowest BCUT2D eigenvalue weighted by atomic mass is 10.0. The van der Waals surface area contributed by atoms with Gasteiger partial charge in [0.1, 0.15) is 5.75 Å². The number of aliphatic imine (C=N–C) groups is 1. The first-order valence-electron chi connectivity index (χ1n) is 11.0.